The van der Waals surface area contributed by atoms with E-state index in [-0.39, 0.29) is 6.04 Å². The van der Waals surface area contributed by atoms with Crippen LogP contribution in [0.15, 0.2) is 24.3 Å². The summed E-state index contributed by atoms with van der Waals surface area (Å²) in [6.07, 6.45) is 2.16. The van der Waals surface area contributed by atoms with E-state index in [9.17, 15) is 0 Å². The zero-order chi connectivity index (χ0) is 13.2. The van der Waals surface area contributed by atoms with Crippen molar-refractivity contribution in [2.45, 2.75) is 32.7 Å². The first-order valence-electron chi connectivity index (χ1n) is 6.77. The normalized spacial score (nSPS) is 12.4. The molecule has 1 unspecified atom stereocenters. The molecule has 0 aliphatic rings. The molecule has 1 N–H and O–H groups in total. The lowest BCUT2D eigenvalue weighted by molar-refractivity contribution is 0.111. The van der Waals surface area contributed by atoms with Crippen LogP contribution in [0.1, 0.15) is 38.3 Å². The van der Waals surface area contributed by atoms with Gasteiger partial charge in [-0.15, -0.1) is 0 Å². The number of methoxy groups -OCH3 is 1. The molecule has 0 fully saturated rings. The van der Waals surface area contributed by atoms with Crippen LogP contribution in [-0.4, -0.2) is 26.9 Å². The van der Waals surface area contributed by atoms with Crippen molar-refractivity contribution in [1.29, 1.82) is 0 Å². The summed E-state index contributed by atoms with van der Waals surface area (Å²) in [5.41, 5.74) is 1.17. The summed E-state index contributed by atoms with van der Waals surface area (Å²) in [5, 5.41) is 3.51. The standard InChI is InChI=1S/C15H25NO2/c1-4-10-16-14(12-18-11-5-2)13-8-6-7-9-15(13)17-3/h6-9,14,16H,4-5,10-12H2,1-3H3. The maximum atomic E-state index is 5.68. The van der Waals surface area contributed by atoms with E-state index in [1.807, 2.05) is 18.2 Å². The van der Waals surface area contributed by atoms with Crippen molar-refractivity contribution in [2.24, 2.45) is 0 Å². The van der Waals surface area contributed by atoms with Gasteiger partial charge in [0.1, 0.15) is 5.75 Å². The van der Waals surface area contributed by atoms with E-state index in [2.05, 4.69) is 25.2 Å². The molecule has 0 radical (unpaired) electrons. The van der Waals surface area contributed by atoms with Crippen molar-refractivity contribution < 1.29 is 9.47 Å². The van der Waals surface area contributed by atoms with Gasteiger partial charge in [0, 0.05) is 12.2 Å². The quantitative estimate of drug-likeness (QED) is 0.684. The zero-order valence-corrected chi connectivity index (χ0v) is 11.7. The van der Waals surface area contributed by atoms with E-state index in [1.54, 1.807) is 7.11 Å². The average molecular weight is 251 g/mol. The van der Waals surface area contributed by atoms with Gasteiger partial charge in [0.2, 0.25) is 0 Å². The Kier molecular flexibility index (Phi) is 7.46. The van der Waals surface area contributed by atoms with E-state index in [1.165, 1.54) is 5.56 Å². The van der Waals surface area contributed by atoms with Crippen LogP contribution in [0.25, 0.3) is 0 Å². The molecule has 3 nitrogen and oxygen atoms in total. The zero-order valence-electron chi connectivity index (χ0n) is 11.7. The van der Waals surface area contributed by atoms with Gasteiger partial charge in [-0.2, -0.15) is 0 Å². The van der Waals surface area contributed by atoms with Gasteiger partial charge < -0.3 is 14.8 Å². The van der Waals surface area contributed by atoms with Gasteiger partial charge in [-0.1, -0.05) is 32.0 Å². The number of nitrogens with one attached hydrogen (secondary N) is 1. The van der Waals surface area contributed by atoms with Crippen LogP contribution in [-0.2, 0) is 4.74 Å². The highest BCUT2D eigenvalue weighted by Crippen LogP contribution is 2.25. The molecule has 0 aliphatic heterocycles. The molecule has 3 heteroatoms. The Labute approximate surface area is 110 Å². The van der Waals surface area contributed by atoms with Crippen molar-refractivity contribution in [3.05, 3.63) is 29.8 Å². The van der Waals surface area contributed by atoms with Crippen molar-refractivity contribution >= 4 is 0 Å². The second kappa shape index (κ2) is 8.95. The molecule has 0 aliphatic carbocycles. The third kappa shape index (κ3) is 4.67. The van der Waals surface area contributed by atoms with Crippen LogP contribution in [0, 0.1) is 0 Å². The summed E-state index contributed by atoms with van der Waals surface area (Å²) >= 11 is 0. The maximum absolute atomic E-state index is 5.68. The lowest BCUT2D eigenvalue weighted by Crippen LogP contribution is -2.27. The van der Waals surface area contributed by atoms with Gasteiger partial charge in [0.15, 0.2) is 0 Å². The molecule has 0 bridgehead atoms. The molecular formula is C15H25NO2. The summed E-state index contributed by atoms with van der Waals surface area (Å²) in [7, 11) is 1.71. The lowest BCUT2D eigenvalue weighted by Gasteiger charge is -2.21. The predicted molar refractivity (Wildman–Crippen MR) is 75.1 cm³/mol. The second-order valence-electron chi connectivity index (χ2n) is 4.32. The number of para-hydroxylation sites is 1. The third-order valence-electron chi connectivity index (χ3n) is 2.79. The fraction of sp³-hybridized carbons (Fsp3) is 0.600. The monoisotopic (exact) mass is 251 g/mol. The molecule has 0 saturated carbocycles. The average Bonchev–Trinajstić information content (AvgIpc) is 2.42. The Morgan fingerprint density at radius 3 is 2.61 bits per heavy atom. The van der Waals surface area contributed by atoms with Crippen LogP contribution >= 0.6 is 0 Å². The van der Waals surface area contributed by atoms with E-state index >= 15 is 0 Å². The first-order valence-corrected chi connectivity index (χ1v) is 6.77. The summed E-state index contributed by atoms with van der Waals surface area (Å²) in [4.78, 5) is 0. The minimum atomic E-state index is 0.202. The molecule has 18 heavy (non-hydrogen) atoms. The SMILES string of the molecule is CCCNC(COCCC)c1ccccc1OC. The molecule has 1 atom stereocenters. The Bertz CT molecular complexity index is 328. The van der Waals surface area contributed by atoms with Gasteiger partial charge >= 0.3 is 0 Å². The van der Waals surface area contributed by atoms with E-state index < -0.39 is 0 Å². The van der Waals surface area contributed by atoms with Gasteiger partial charge in [-0.05, 0) is 25.5 Å². The van der Waals surface area contributed by atoms with Crippen LogP contribution in [0.2, 0.25) is 0 Å². The number of hydrogen-bond acceptors (Lipinski definition) is 3. The largest absolute Gasteiger partial charge is 0.496 e. The van der Waals surface area contributed by atoms with Gasteiger partial charge in [0.05, 0.1) is 19.8 Å². The highest BCUT2D eigenvalue weighted by atomic mass is 16.5. The Balaban J connectivity index is 2.72. The number of hydrogen-bond donors (Lipinski definition) is 1. The first-order chi connectivity index (χ1) is 8.83. The van der Waals surface area contributed by atoms with Gasteiger partial charge in [-0.25, -0.2) is 0 Å². The fourth-order valence-electron chi connectivity index (χ4n) is 1.88. The number of benzene rings is 1. The third-order valence-corrected chi connectivity index (χ3v) is 2.79. The van der Waals surface area contributed by atoms with Crippen LogP contribution in [0.5, 0.6) is 5.75 Å². The van der Waals surface area contributed by atoms with E-state index in [4.69, 9.17) is 9.47 Å². The Morgan fingerprint density at radius 2 is 1.94 bits per heavy atom. The molecule has 1 aromatic rings. The minimum absolute atomic E-state index is 0.202. The maximum Gasteiger partial charge on any atom is 0.123 e. The second-order valence-corrected chi connectivity index (χ2v) is 4.32. The van der Waals surface area contributed by atoms with Crippen LogP contribution in [0.4, 0.5) is 0 Å². The van der Waals surface area contributed by atoms with Crippen LogP contribution in [0.3, 0.4) is 0 Å². The first kappa shape index (κ1) is 15.0. The van der Waals surface area contributed by atoms with Gasteiger partial charge in [0.25, 0.3) is 0 Å². The smallest absolute Gasteiger partial charge is 0.123 e. The molecule has 1 rings (SSSR count). The summed E-state index contributed by atoms with van der Waals surface area (Å²) < 4.78 is 11.1. The lowest BCUT2D eigenvalue weighted by atomic mass is 10.1. The molecule has 102 valence electrons. The van der Waals surface area contributed by atoms with Crippen molar-refractivity contribution in [1.82, 2.24) is 5.32 Å². The molecule has 0 heterocycles. The fourth-order valence-corrected chi connectivity index (χ4v) is 1.88. The van der Waals surface area contributed by atoms with E-state index in [0.29, 0.717) is 6.61 Å². The molecule has 1 aromatic carbocycles. The molecule has 0 amide bonds. The number of ether oxygens (including phenoxy) is 2. The molecule has 0 aromatic heterocycles. The van der Waals surface area contributed by atoms with E-state index in [0.717, 1.165) is 31.7 Å². The van der Waals surface area contributed by atoms with Gasteiger partial charge in [-0.3, -0.25) is 0 Å². The molecule has 0 spiro atoms. The highest BCUT2D eigenvalue weighted by molar-refractivity contribution is 5.35. The minimum Gasteiger partial charge on any atom is -0.496 e. The molecular weight excluding hydrogens is 226 g/mol. The number of rotatable bonds is 9. The van der Waals surface area contributed by atoms with Crippen molar-refractivity contribution in [2.75, 3.05) is 26.9 Å². The summed E-state index contributed by atoms with van der Waals surface area (Å²) in [5.74, 6) is 0.922. The van der Waals surface area contributed by atoms with Crippen molar-refractivity contribution in [3.63, 3.8) is 0 Å². The topological polar surface area (TPSA) is 30.5 Å². The Morgan fingerprint density at radius 1 is 1.17 bits per heavy atom. The Hall–Kier alpha value is -1.06. The predicted octanol–water partition coefficient (Wildman–Crippen LogP) is 3.16. The van der Waals surface area contributed by atoms with Crippen molar-refractivity contribution in [3.8, 4) is 5.75 Å². The van der Waals surface area contributed by atoms with Crippen LogP contribution < -0.4 is 10.1 Å². The summed E-state index contributed by atoms with van der Waals surface area (Å²) in [6, 6.07) is 8.33. The highest BCUT2D eigenvalue weighted by Gasteiger charge is 2.14. The molecule has 0 saturated heterocycles. The summed E-state index contributed by atoms with van der Waals surface area (Å²) in [6.45, 7) is 6.77.